The molecular weight excluding hydrogens is 520 g/mol. The quantitative estimate of drug-likeness (QED) is 0.243. The molecular formula is C31H26N6O4. The normalized spacial score (nSPS) is 16.4. The van der Waals surface area contributed by atoms with Crippen LogP contribution >= 0.6 is 0 Å². The maximum atomic E-state index is 13.3. The SMILES string of the molecule is O=C(NCCCn1ccnc1)OC1CCn2c3ccccc3c3c4c(c5c6ccccc6n(c5c32)C1)C(=O)NC4=O. The number of benzene rings is 3. The Morgan fingerprint density at radius 2 is 1.61 bits per heavy atom. The van der Waals surface area contributed by atoms with Crippen LogP contribution in [0.3, 0.4) is 0 Å². The number of imide groups is 1. The summed E-state index contributed by atoms with van der Waals surface area (Å²) >= 11 is 0. The number of aromatic nitrogens is 4. The first-order valence-electron chi connectivity index (χ1n) is 13.8. The van der Waals surface area contributed by atoms with Crippen molar-refractivity contribution in [1.82, 2.24) is 29.3 Å². The molecule has 0 saturated heterocycles. The Labute approximate surface area is 233 Å². The Morgan fingerprint density at radius 1 is 0.951 bits per heavy atom. The largest absolute Gasteiger partial charge is 0.444 e. The van der Waals surface area contributed by atoms with Crippen LogP contribution in [0.5, 0.6) is 0 Å². The number of nitrogens with zero attached hydrogens (tertiary/aromatic N) is 4. The highest BCUT2D eigenvalue weighted by molar-refractivity contribution is 6.39. The van der Waals surface area contributed by atoms with E-state index in [1.54, 1.807) is 12.5 Å². The zero-order valence-corrected chi connectivity index (χ0v) is 22.1. The lowest BCUT2D eigenvalue weighted by Gasteiger charge is -2.24. The van der Waals surface area contributed by atoms with Crippen molar-refractivity contribution in [3.8, 4) is 0 Å². The second-order valence-corrected chi connectivity index (χ2v) is 10.7. The van der Waals surface area contributed by atoms with Crippen molar-refractivity contribution in [2.75, 3.05) is 6.54 Å². The molecule has 2 aliphatic rings. The van der Waals surface area contributed by atoms with Crippen LogP contribution in [-0.2, 0) is 24.4 Å². The van der Waals surface area contributed by atoms with E-state index in [1.165, 1.54) is 0 Å². The van der Waals surface area contributed by atoms with Gasteiger partial charge in [-0.1, -0.05) is 36.4 Å². The van der Waals surface area contributed by atoms with Crippen molar-refractivity contribution in [1.29, 1.82) is 0 Å². The summed E-state index contributed by atoms with van der Waals surface area (Å²) in [4.78, 5) is 43.4. The van der Waals surface area contributed by atoms with Crippen molar-refractivity contribution < 1.29 is 19.1 Å². The minimum Gasteiger partial charge on any atom is -0.444 e. The van der Waals surface area contributed by atoms with Crippen LogP contribution in [0.4, 0.5) is 4.79 Å². The van der Waals surface area contributed by atoms with Crippen LogP contribution < -0.4 is 10.6 Å². The fraction of sp³-hybridized carbons (Fsp3) is 0.226. The average molecular weight is 547 g/mol. The first-order valence-corrected chi connectivity index (χ1v) is 13.8. The number of ether oxygens (including phenoxy) is 1. The molecule has 6 aromatic rings. The number of nitrogens with one attached hydrogen (secondary N) is 2. The maximum Gasteiger partial charge on any atom is 0.407 e. The molecule has 5 heterocycles. The van der Waals surface area contributed by atoms with E-state index in [4.69, 9.17) is 4.74 Å². The smallest absolute Gasteiger partial charge is 0.407 e. The lowest BCUT2D eigenvalue weighted by atomic mass is 9.96. The standard InChI is InChI=1S/C31H26N6O4/c38-29-25-23-19-6-1-3-8-21(19)36-14-10-18(41-31(40)33-11-5-13-35-15-12-32-17-35)16-37-22-9-4-2-7-20(22)24(28(37)27(23)36)26(25)30(39)34-29/h1-4,6-9,12,15,17-18H,5,10-11,13-14,16H2,(H,33,40)(H,34,38,39). The maximum absolute atomic E-state index is 13.3. The number of carbonyl (C=O) groups is 3. The van der Waals surface area contributed by atoms with E-state index in [9.17, 15) is 14.4 Å². The predicted molar refractivity (Wildman–Crippen MR) is 154 cm³/mol. The molecule has 0 aliphatic carbocycles. The summed E-state index contributed by atoms with van der Waals surface area (Å²) in [5, 5.41) is 8.83. The van der Waals surface area contributed by atoms with Crippen molar-refractivity contribution >= 4 is 61.5 Å². The number of rotatable bonds is 5. The van der Waals surface area contributed by atoms with Gasteiger partial charge in [0.2, 0.25) is 0 Å². The summed E-state index contributed by atoms with van der Waals surface area (Å²) in [7, 11) is 0. The Hall–Kier alpha value is -5.12. The molecule has 1 atom stereocenters. The number of amides is 3. The minimum atomic E-state index is -0.449. The van der Waals surface area contributed by atoms with Crippen molar-refractivity contribution in [2.45, 2.75) is 38.6 Å². The van der Waals surface area contributed by atoms with Gasteiger partial charge in [0.1, 0.15) is 6.10 Å². The van der Waals surface area contributed by atoms with Gasteiger partial charge >= 0.3 is 6.09 Å². The highest BCUT2D eigenvalue weighted by atomic mass is 16.6. The van der Waals surface area contributed by atoms with E-state index >= 15 is 0 Å². The molecule has 3 aromatic carbocycles. The molecule has 2 aliphatic heterocycles. The van der Waals surface area contributed by atoms with Gasteiger partial charge in [-0.3, -0.25) is 14.9 Å². The van der Waals surface area contributed by atoms with Gasteiger partial charge in [0.25, 0.3) is 11.8 Å². The average Bonchev–Trinajstić information content (AvgIpc) is 3.73. The number of aryl methyl sites for hydroxylation is 2. The summed E-state index contributed by atoms with van der Waals surface area (Å²) < 4.78 is 12.4. The van der Waals surface area contributed by atoms with E-state index in [-0.39, 0.29) is 11.8 Å². The number of carbonyl (C=O) groups excluding carboxylic acids is 3. The van der Waals surface area contributed by atoms with Gasteiger partial charge in [-0.2, -0.15) is 0 Å². The van der Waals surface area contributed by atoms with Crippen LogP contribution in [0, 0.1) is 0 Å². The third-order valence-corrected chi connectivity index (χ3v) is 8.35. The highest BCUT2D eigenvalue weighted by Crippen LogP contribution is 2.45. The van der Waals surface area contributed by atoms with Crippen LogP contribution in [0.1, 0.15) is 33.6 Å². The van der Waals surface area contributed by atoms with Crippen LogP contribution in [0.15, 0.2) is 67.3 Å². The molecule has 10 nitrogen and oxygen atoms in total. The first-order chi connectivity index (χ1) is 20.1. The van der Waals surface area contributed by atoms with Crippen molar-refractivity contribution in [3.05, 3.63) is 78.4 Å². The van der Waals surface area contributed by atoms with Crippen molar-refractivity contribution in [3.63, 3.8) is 0 Å². The second-order valence-electron chi connectivity index (χ2n) is 10.7. The Morgan fingerprint density at radius 3 is 2.29 bits per heavy atom. The predicted octanol–water partition coefficient (Wildman–Crippen LogP) is 4.57. The topological polar surface area (TPSA) is 112 Å². The highest BCUT2D eigenvalue weighted by Gasteiger charge is 2.37. The molecule has 3 aromatic heterocycles. The Kier molecular flexibility index (Phi) is 5.18. The van der Waals surface area contributed by atoms with Gasteiger partial charge in [-0.25, -0.2) is 9.78 Å². The monoisotopic (exact) mass is 546 g/mol. The summed E-state index contributed by atoms with van der Waals surface area (Å²) in [6.45, 7) is 2.26. The second kappa shape index (κ2) is 8.95. The Balaban J connectivity index is 1.26. The zero-order chi connectivity index (χ0) is 27.7. The molecule has 41 heavy (non-hydrogen) atoms. The summed E-state index contributed by atoms with van der Waals surface area (Å²) in [6, 6.07) is 15.9. The van der Waals surface area contributed by atoms with E-state index in [1.807, 2.05) is 59.3 Å². The van der Waals surface area contributed by atoms with Gasteiger partial charge in [0, 0.05) is 71.0 Å². The van der Waals surface area contributed by atoms with Gasteiger partial charge in [0.05, 0.1) is 35.0 Å². The van der Waals surface area contributed by atoms with E-state index in [2.05, 4.69) is 24.8 Å². The number of hydrogen-bond donors (Lipinski definition) is 2. The van der Waals surface area contributed by atoms with Crippen LogP contribution in [0.25, 0.3) is 43.6 Å². The molecule has 0 bridgehead atoms. The third-order valence-electron chi connectivity index (χ3n) is 8.35. The molecule has 0 fully saturated rings. The molecule has 2 N–H and O–H groups in total. The van der Waals surface area contributed by atoms with Gasteiger partial charge in [-0.05, 0) is 18.6 Å². The fourth-order valence-corrected chi connectivity index (χ4v) is 6.69. The molecule has 0 saturated carbocycles. The van der Waals surface area contributed by atoms with E-state index in [0.717, 1.165) is 56.6 Å². The van der Waals surface area contributed by atoms with Crippen LogP contribution in [-0.4, -0.2) is 49.2 Å². The molecule has 3 amide bonds. The number of hydrogen-bond acceptors (Lipinski definition) is 5. The molecule has 204 valence electrons. The summed E-state index contributed by atoms with van der Waals surface area (Å²) in [5.41, 5.74) is 4.59. The minimum absolute atomic E-state index is 0.361. The first kappa shape index (κ1) is 23.7. The van der Waals surface area contributed by atoms with Gasteiger partial charge in [0.15, 0.2) is 0 Å². The van der Waals surface area contributed by atoms with Gasteiger partial charge < -0.3 is 23.8 Å². The number of alkyl carbamates (subject to hydrolysis) is 1. The molecule has 0 spiro atoms. The molecule has 0 radical (unpaired) electrons. The number of fused-ring (bicyclic) bond motifs is 9. The summed E-state index contributed by atoms with van der Waals surface area (Å²) in [5.74, 6) is -0.740. The lowest BCUT2D eigenvalue weighted by Crippen LogP contribution is -2.33. The Bertz CT molecular complexity index is 2050. The number of para-hydroxylation sites is 2. The van der Waals surface area contributed by atoms with E-state index < -0.39 is 12.2 Å². The zero-order valence-electron chi connectivity index (χ0n) is 22.1. The molecule has 10 heteroatoms. The summed E-state index contributed by atoms with van der Waals surface area (Å²) in [6.07, 6.45) is 5.87. The molecule has 1 unspecified atom stereocenters. The van der Waals surface area contributed by atoms with Gasteiger partial charge in [-0.15, -0.1) is 0 Å². The van der Waals surface area contributed by atoms with E-state index in [0.29, 0.717) is 37.2 Å². The van der Waals surface area contributed by atoms with Crippen molar-refractivity contribution in [2.24, 2.45) is 0 Å². The third kappa shape index (κ3) is 3.49. The van der Waals surface area contributed by atoms with Crippen LogP contribution in [0.2, 0.25) is 0 Å². The number of imidazole rings is 1. The molecule has 8 rings (SSSR count). The lowest BCUT2D eigenvalue weighted by molar-refractivity contribution is 0.0807. The fourth-order valence-electron chi connectivity index (χ4n) is 6.69.